The monoisotopic (exact) mass is 352 g/mol. The lowest BCUT2D eigenvalue weighted by atomic mass is 10.3. The number of rotatable bonds is 7. The Balaban J connectivity index is 1.80. The molecule has 0 aliphatic heterocycles. The van der Waals surface area contributed by atoms with Gasteiger partial charge in [-0.1, -0.05) is 0 Å². The Morgan fingerprint density at radius 2 is 2.12 bits per heavy atom. The number of anilines is 1. The number of hydrogen-bond acceptors (Lipinski definition) is 8. The van der Waals surface area contributed by atoms with Crippen molar-refractivity contribution in [1.82, 2.24) is 4.98 Å². The second kappa shape index (κ2) is 8.25. The standard InChI is InChI=1S/C15H16N2O6S/c1-3-21-13(19)6-10-8-24-15(16-10)17-12(18)7-23-14(20)11-4-5-22-9(11)2/h4-5,8H,3,6-7H2,1-2H3,(H,16,17,18). The maximum Gasteiger partial charge on any atom is 0.342 e. The maximum atomic E-state index is 11.8. The van der Waals surface area contributed by atoms with Crippen molar-refractivity contribution in [3.63, 3.8) is 0 Å². The number of carbonyl (C=O) groups excluding carboxylic acids is 3. The van der Waals surface area contributed by atoms with Gasteiger partial charge in [0, 0.05) is 5.38 Å². The van der Waals surface area contributed by atoms with Crippen LogP contribution >= 0.6 is 11.3 Å². The highest BCUT2D eigenvalue weighted by molar-refractivity contribution is 7.13. The van der Waals surface area contributed by atoms with Gasteiger partial charge in [0.2, 0.25) is 0 Å². The zero-order valence-corrected chi connectivity index (χ0v) is 14.0. The molecular weight excluding hydrogens is 336 g/mol. The minimum absolute atomic E-state index is 0.0367. The zero-order valence-electron chi connectivity index (χ0n) is 13.2. The molecule has 1 N–H and O–H groups in total. The van der Waals surface area contributed by atoms with Crippen molar-refractivity contribution >= 4 is 34.3 Å². The number of carbonyl (C=O) groups is 3. The van der Waals surface area contributed by atoms with Crippen molar-refractivity contribution in [3.8, 4) is 0 Å². The van der Waals surface area contributed by atoms with Crippen LogP contribution in [0.15, 0.2) is 22.1 Å². The van der Waals surface area contributed by atoms with Crippen LogP contribution in [-0.2, 0) is 25.5 Å². The van der Waals surface area contributed by atoms with Crippen LogP contribution in [0.2, 0.25) is 0 Å². The molecule has 2 rings (SSSR count). The van der Waals surface area contributed by atoms with E-state index in [1.54, 1.807) is 19.2 Å². The molecule has 0 aliphatic rings. The minimum atomic E-state index is -0.640. The Hall–Kier alpha value is -2.68. The first-order chi connectivity index (χ1) is 11.5. The van der Waals surface area contributed by atoms with Gasteiger partial charge in [-0.25, -0.2) is 9.78 Å². The van der Waals surface area contributed by atoms with Crippen LogP contribution in [0.5, 0.6) is 0 Å². The summed E-state index contributed by atoms with van der Waals surface area (Å²) >= 11 is 1.17. The summed E-state index contributed by atoms with van der Waals surface area (Å²) < 4.78 is 14.7. The number of ether oxygens (including phenoxy) is 2. The van der Waals surface area contributed by atoms with E-state index >= 15 is 0 Å². The SMILES string of the molecule is CCOC(=O)Cc1csc(NC(=O)COC(=O)c2ccoc2C)n1. The number of nitrogens with one attached hydrogen (secondary N) is 1. The van der Waals surface area contributed by atoms with Crippen molar-refractivity contribution in [1.29, 1.82) is 0 Å². The van der Waals surface area contributed by atoms with Gasteiger partial charge >= 0.3 is 11.9 Å². The number of furan rings is 1. The minimum Gasteiger partial charge on any atom is -0.469 e. The van der Waals surface area contributed by atoms with Gasteiger partial charge in [0.05, 0.1) is 25.0 Å². The Morgan fingerprint density at radius 3 is 2.79 bits per heavy atom. The Kier molecular flexibility index (Phi) is 6.07. The van der Waals surface area contributed by atoms with E-state index in [0.29, 0.717) is 23.2 Å². The average Bonchev–Trinajstić information content (AvgIpc) is 3.14. The molecule has 0 aliphatic carbocycles. The third-order valence-electron chi connectivity index (χ3n) is 2.84. The van der Waals surface area contributed by atoms with Crippen molar-refractivity contribution in [2.75, 3.05) is 18.5 Å². The fourth-order valence-corrected chi connectivity index (χ4v) is 2.49. The molecule has 0 saturated carbocycles. The molecule has 9 heteroatoms. The normalized spacial score (nSPS) is 10.2. The van der Waals surface area contributed by atoms with E-state index in [9.17, 15) is 14.4 Å². The highest BCUT2D eigenvalue weighted by Crippen LogP contribution is 2.16. The lowest BCUT2D eigenvalue weighted by Crippen LogP contribution is -2.21. The number of nitrogens with zero attached hydrogens (tertiary/aromatic N) is 1. The molecule has 2 aromatic rings. The lowest BCUT2D eigenvalue weighted by Gasteiger charge is -2.03. The number of thiazole rings is 1. The first-order valence-corrected chi connectivity index (χ1v) is 7.98. The van der Waals surface area contributed by atoms with Crippen LogP contribution in [0.3, 0.4) is 0 Å². The van der Waals surface area contributed by atoms with Gasteiger partial charge < -0.3 is 13.9 Å². The zero-order chi connectivity index (χ0) is 17.5. The second-order valence-electron chi connectivity index (χ2n) is 4.64. The molecule has 0 atom stereocenters. The van der Waals surface area contributed by atoms with Crippen LogP contribution in [0.1, 0.15) is 28.7 Å². The fourth-order valence-electron chi connectivity index (χ4n) is 1.77. The molecule has 0 spiro atoms. The van der Waals surface area contributed by atoms with Crippen molar-refractivity contribution in [2.45, 2.75) is 20.3 Å². The molecule has 2 heterocycles. The molecule has 2 aromatic heterocycles. The Morgan fingerprint density at radius 1 is 1.33 bits per heavy atom. The molecule has 0 bridgehead atoms. The number of aromatic nitrogens is 1. The van der Waals surface area contributed by atoms with Gasteiger partial charge in [0.25, 0.3) is 5.91 Å². The van der Waals surface area contributed by atoms with Crippen molar-refractivity contribution in [2.24, 2.45) is 0 Å². The summed E-state index contributed by atoms with van der Waals surface area (Å²) in [6.07, 6.45) is 1.40. The quantitative estimate of drug-likeness (QED) is 0.759. The van der Waals surface area contributed by atoms with E-state index in [1.807, 2.05) is 0 Å². The number of aryl methyl sites for hydroxylation is 1. The molecule has 0 saturated heterocycles. The summed E-state index contributed by atoms with van der Waals surface area (Å²) in [5.41, 5.74) is 0.772. The largest absolute Gasteiger partial charge is 0.469 e. The van der Waals surface area contributed by atoms with Gasteiger partial charge in [-0.15, -0.1) is 11.3 Å². The van der Waals surface area contributed by atoms with Gasteiger partial charge in [0.15, 0.2) is 11.7 Å². The molecular formula is C15H16N2O6S. The number of amides is 1. The number of esters is 2. The van der Waals surface area contributed by atoms with E-state index in [-0.39, 0.29) is 18.0 Å². The summed E-state index contributed by atoms with van der Waals surface area (Å²) in [6.45, 7) is 3.19. The van der Waals surface area contributed by atoms with Crippen LogP contribution in [-0.4, -0.2) is 36.0 Å². The van der Waals surface area contributed by atoms with Gasteiger partial charge in [-0.2, -0.15) is 0 Å². The molecule has 0 aromatic carbocycles. The van der Waals surface area contributed by atoms with Gasteiger partial charge in [-0.3, -0.25) is 14.9 Å². The smallest absolute Gasteiger partial charge is 0.342 e. The predicted molar refractivity (Wildman–Crippen MR) is 84.8 cm³/mol. The molecule has 128 valence electrons. The predicted octanol–water partition coefficient (Wildman–Crippen LogP) is 1.95. The van der Waals surface area contributed by atoms with Crippen molar-refractivity contribution < 1.29 is 28.3 Å². The Labute approximate surface area is 141 Å². The van der Waals surface area contributed by atoms with E-state index < -0.39 is 18.5 Å². The van der Waals surface area contributed by atoms with E-state index in [4.69, 9.17) is 13.9 Å². The summed E-state index contributed by atoms with van der Waals surface area (Å²) in [5.74, 6) is -1.13. The lowest BCUT2D eigenvalue weighted by molar-refractivity contribution is -0.142. The summed E-state index contributed by atoms with van der Waals surface area (Å²) in [4.78, 5) is 39.0. The van der Waals surface area contributed by atoms with Gasteiger partial charge in [0.1, 0.15) is 11.3 Å². The molecule has 0 unspecified atom stereocenters. The molecule has 8 nitrogen and oxygen atoms in total. The van der Waals surface area contributed by atoms with E-state index in [2.05, 4.69) is 10.3 Å². The third kappa shape index (κ3) is 4.92. The number of hydrogen-bond donors (Lipinski definition) is 1. The first-order valence-electron chi connectivity index (χ1n) is 7.10. The highest BCUT2D eigenvalue weighted by atomic mass is 32.1. The van der Waals surface area contributed by atoms with Crippen LogP contribution in [0.4, 0.5) is 5.13 Å². The second-order valence-corrected chi connectivity index (χ2v) is 5.50. The summed E-state index contributed by atoms with van der Waals surface area (Å²) in [6, 6.07) is 1.47. The molecule has 0 radical (unpaired) electrons. The van der Waals surface area contributed by atoms with Crippen molar-refractivity contribution in [3.05, 3.63) is 34.7 Å². The Bertz CT molecular complexity index is 736. The fraction of sp³-hybridized carbons (Fsp3) is 0.333. The summed E-state index contributed by atoms with van der Waals surface area (Å²) in [7, 11) is 0. The average molecular weight is 352 g/mol. The van der Waals surface area contributed by atoms with Crippen LogP contribution in [0, 0.1) is 6.92 Å². The molecule has 24 heavy (non-hydrogen) atoms. The van der Waals surface area contributed by atoms with E-state index in [1.165, 1.54) is 23.7 Å². The van der Waals surface area contributed by atoms with Gasteiger partial charge in [-0.05, 0) is 19.9 Å². The van der Waals surface area contributed by atoms with Crippen LogP contribution in [0.25, 0.3) is 0 Å². The summed E-state index contributed by atoms with van der Waals surface area (Å²) in [5, 5.41) is 4.46. The highest BCUT2D eigenvalue weighted by Gasteiger charge is 2.15. The third-order valence-corrected chi connectivity index (χ3v) is 3.65. The van der Waals surface area contributed by atoms with Crippen LogP contribution < -0.4 is 5.32 Å². The maximum absolute atomic E-state index is 11.8. The molecule has 0 fully saturated rings. The topological polar surface area (TPSA) is 108 Å². The van der Waals surface area contributed by atoms with E-state index in [0.717, 1.165) is 0 Å². The first kappa shape index (κ1) is 17.7. The molecule has 1 amide bonds.